The van der Waals surface area contributed by atoms with Crippen molar-refractivity contribution in [3.05, 3.63) is 59.9 Å². The molecular weight excluding hydrogens is 406 g/mol. The van der Waals surface area contributed by atoms with E-state index in [2.05, 4.69) is 4.98 Å². The molecule has 2 aliphatic heterocycles. The third-order valence-electron chi connectivity index (χ3n) is 6.89. The van der Waals surface area contributed by atoms with Gasteiger partial charge in [0.15, 0.2) is 5.60 Å². The zero-order chi connectivity index (χ0) is 22.1. The van der Waals surface area contributed by atoms with Crippen LogP contribution in [0.2, 0.25) is 0 Å². The minimum absolute atomic E-state index is 0.0462. The predicted molar refractivity (Wildman–Crippen MR) is 118 cm³/mol. The smallest absolute Gasteiger partial charge is 0.257 e. The molecule has 7 heteroatoms. The van der Waals surface area contributed by atoms with Gasteiger partial charge in [-0.15, -0.1) is 0 Å². The number of morpholine rings is 1. The Bertz CT molecular complexity index is 976. The van der Waals surface area contributed by atoms with E-state index in [4.69, 9.17) is 9.47 Å². The van der Waals surface area contributed by atoms with Crippen LogP contribution >= 0.6 is 0 Å². The van der Waals surface area contributed by atoms with Gasteiger partial charge in [0, 0.05) is 44.4 Å². The van der Waals surface area contributed by atoms with Crippen molar-refractivity contribution in [3.8, 4) is 5.75 Å². The van der Waals surface area contributed by atoms with Crippen molar-refractivity contribution < 1.29 is 19.1 Å². The summed E-state index contributed by atoms with van der Waals surface area (Å²) < 4.78 is 11.5. The van der Waals surface area contributed by atoms with Crippen LogP contribution in [-0.4, -0.2) is 65.6 Å². The van der Waals surface area contributed by atoms with Crippen molar-refractivity contribution >= 4 is 11.8 Å². The first-order valence-corrected chi connectivity index (χ1v) is 11.3. The van der Waals surface area contributed by atoms with E-state index in [-0.39, 0.29) is 17.7 Å². The van der Waals surface area contributed by atoms with Crippen molar-refractivity contribution in [1.29, 1.82) is 0 Å². The first-order valence-electron chi connectivity index (χ1n) is 11.3. The molecule has 7 nitrogen and oxygen atoms in total. The molecule has 2 unspecified atom stereocenters. The molecule has 2 atom stereocenters. The summed E-state index contributed by atoms with van der Waals surface area (Å²) in [5, 5.41) is 0. The van der Waals surface area contributed by atoms with Gasteiger partial charge in [-0.2, -0.15) is 0 Å². The number of pyridine rings is 1. The summed E-state index contributed by atoms with van der Waals surface area (Å²) in [7, 11) is 1.64. The maximum atomic E-state index is 13.9. The number of hydrogen-bond donors (Lipinski definition) is 0. The topological polar surface area (TPSA) is 72.0 Å². The summed E-state index contributed by atoms with van der Waals surface area (Å²) in [5.41, 5.74) is 0.912. The molecule has 2 aromatic rings. The van der Waals surface area contributed by atoms with Gasteiger partial charge in [0.05, 0.1) is 20.3 Å². The molecule has 2 amide bonds. The van der Waals surface area contributed by atoms with Crippen LogP contribution < -0.4 is 4.74 Å². The fourth-order valence-corrected chi connectivity index (χ4v) is 4.90. The van der Waals surface area contributed by atoms with Gasteiger partial charge >= 0.3 is 0 Å². The second kappa shape index (κ2) is 8.54. The molecule has 1 aliphatic carbocycles. The van der Waals surface area contributed by atoms with Crippen LogP contribution in [0.25, 0.3) is 0 Å². The normalized spacial score (nSPS) is 25.4. The van der Waals surface area contributed by atoms with Crippen LogP contribution in [0.5, 0.6) is 5.75 Å². The minimum atomic E-state index is -1.06. The Morgan fingerprint density at radius 2 is 2.06 bits per heavy atom. The highest BCUT2D eigenvalue weighted by Gasteiger charge is 2.58. The summed E-state index contributed by atoms with van der Waals surface area (Å²) in [6.07, 6.45) is 6.34. The molecule has 0 bridgehead atoms. The molecule has 168 valence electrons. The maximum absolute atomic E-state index is 13.9. The lowest BCUT2D eigenvalue weighted by molar-refractivity contribution is -0.173. The fourth-order valence-electron chi connectivity index (χ4n) is 4.90. The third-order valence-corrected chi connectivity index (χ3v) is 6.89. The van der Waals surface area contributed by atoms with E-state index in [0.29, 0.717) is 45.1 Å². The van der Waals surface area contributed by atoms with Crippen LogP contribution in [0.15, 0.2) is 48.8 Å². The average Bonchev–Trinajstić information content (AvgIpc) is 3.56. The number of ether oxygens (including phenoxy) is 2. The lowest BCUT2D eigenvalue weighted by atomic mass is 9.83. The van der Waals surface area contributed by atoms with Gasteiger partial charge in [0.2, 0.25) is 5.91 Å². The Labute approximate surface area is 188 Å². The maximum Gasteiger partial charge on any atom is 0.257 e. The number of carbonyl (C=O) groups excluding carboxylic acids is 2. The summed E-state index contributed by atoms with van der Waals surface area (Å²) in [6, 6.07) is 11.6. The van der Waals surface area contributed by atoms with E-state index in [1.165, 1.54) is 0 Å². The van der Waals surface area contributed by atoms with E-state index in [0.717, 1.165) is 29.7 Å². The molecule has 1 aromatic heterocycles. The Balaban J connectivity index is 1.41. The largest absolute Gasteiger partial charge is 0.497 e. The number of hydrogen-bond acceptors (Lipinski definition) is 5. The highest BCUT2D eigenvalue weighted by atomic mass is 16.5. The summed E-state index contributed by atoms with van der Waals surface area (Å²) >= 11 is 0. The first kappa shape index (κ1) is 20.9. The predicted octanol–water partition coefficient (Wildman–Crippen LogP) is 2.61. The number of nitrogens with zero attached hydrogens (tertiary/aromatic N) is 3. The number of methoxy groups -OCH3 is 1. The number of carbonyl (C=O) groups is 2. The standard InChI is InChI=1S/C25H29N3O4/c1-31-21-8-6-19(7-9-21)15-27-11-12-32-25(24(27)30)17-28(23(29)13-18-4-5-18)16-22(25)20-3-2-10-26-14-20/h2-3,6-10,14,18,22H,4-5,11-13,15-17H2,1H3. The second-order valence-electron chi connectivity index (χ2n) is 9.07. The van der Waals surface area contributed by atoms with Crippen LogP contribution in [0.1, 0.15) is 36.3 Å². The lowest BCUT2D eigenvalue weighted by Crippen LogP contribution is -2.60. The number of benzene rings is 1. The minimum Gasteiger partial charge on any atom is -0.497 e. The van der Waals surface area contributed by atoms with Crippen molar-refractivity contribution in [3.63, 3.8) is 0 Å². The van der Waals surface area contributed by atoms with Crippen LogP contribution in [-0.2, 0) is 20.9 Å². The van der Waals surface area contributed by atoms with Crippen molar-refractivity contribution in [1.82, 2.24) is 14.8 Å². The molecule has 32 heavy (non-hydrogen) atoms. The van der Waals surface area contributed by atoms with Crippen LogP contribution in [0.4, 0.5) is 0 Å². The molecule has 3 aliphatic rings. The molecule has 5 rings (SSSR count). The molecule has 0 radical (unpaired) electrons. The average molecular weight is 436 g/mol. The van der Waals surface area contributed by atoms with Gasteiger partial charge in [-0.05, 0) is 48.1 Å². The highest BCUT2D eigenvalue weighted by molar-refractivity contribution is 5.90. The molecular formula is C25H29N3O4. The number of likely N-dealkylation sites (tertiary alicyclic amines) is 1. The molecule has 3 heterocycles. The third kappa shape index (κ3) is 3.97. The Morgan fingerprint density at radius 3 is 2.75 bits per heavy atom. The zero-order valence-corrected chi connectivity index (χ0v) is 18.4. The molecule has 1 saturated carbocycles. The molecule has 1 spiro atoms. The van der Waals surface area contributed by atoms with E-state index < -0.39 is 5.60 Å². The van der Waals surface area contributed by atoms with E-state index in [1.807, 2.05) is 46.2 Å². The van der Waals surface area contributed by atoms with Crippen LogP contribution in [0.3, 0.4) is 0 Å². The SMILES string of the molecule is COc1ccc(CN2CCOC3(CN(C(=O)CC4CC4)CC3c3cccnc3)C2=O)cc1. The van der Waals surface area contributed by atoms with Gasteiger partial charge < -0.3 is 19.3 Å². The lowest BCUT2D eigenvalue weighted by Gasteiger charge is -2.42. The molecule has 2 saturated heterocycles. The van der Waals surface area contributed by atoms with Crippen molar-refractivity contribution in [2.24, 2.45) is 5.92 Å². The monoisotopic (exact) mass is 435 g/mol. The Kier molecular flexibility index (Phi) is 5.59. The van der Waals surface area contributed by atoms with E-state index in [9.17, 15) is 9.59 Å². The molecule has 1 aromatic carbocycles. The second-order valence-corrected chi connectivity index (χ2v) is 9.07. The Hall–Kier alpha value is -2.93. The number of rotatable bonds is 6. The van der Waals surface area contributed by atoms with Gasteiger partial charge in [0.25, 0.3) is 5.91 Å². The van der Waals surface area contributed by atoms with Gasteiger partial charge in [0.1, 0.15) is 5.75 Å². The Morgan fingerprint density at radius 1 is 1.25 bits per heavy atom. The fraction of sp³-hybridized carbons (Fsp3) is 0.480. The van der Waals surface area contributed by atoms with E-state index in [1.54, 1.807) is 19.5 Å². The summed E-state index contributed by atoms with van der Waals surface area (Å²) in [6.45, 7) is 2.27. The summed E-state index contributed by atoms with van der Waals surface area (Å²) in [5.74, 6) is 1.14. The quantitative estimate of drug-likeness (QED) is 0.698. The van der Waals surface area contributed by atoms with E-state index >= 15 is 0 Å². The van der Waals surface area contributed by atoms with Crippen molar-refractivity contribution in [2.45, 2.75) is 37.3 Å². The van der Waals surface area contributed by atoms with Gasteiger partial charge in [-0.1, -0.05) is 18.2 Å². The number of aromatic nitrogens is 1. The molecule has 0 N–H and O–H groups in total. The zero-order valence-electron chi connectivity index (χ0n) is 18.4. The first-order chi connectivity index (χ1) is 15.6. The summed E-state index contributed by atoms with van der Waals surface area (Å²) in [4.78, 5) is 34.8. The van der Waals surface area contributed by atoms with Gasteiger partial charge in [-0.25, -0.2) is 0 Å². The van der Waals surface area contributed by atoms with Gasteiger partial charge in [-0.3, -0.25) is 14.6 Å². The highest BCUT2D eigenvalue weighted by Crippen LogP contribution is 2.43. The van der Waals surface area contributed by atoms with Crippen LogP contribution in [0, 0.1) is 5.92 Å². The number of amides is 2. The van der Waals surface area contributed by atoms with Crippen molar-refractivity contribution in [2.75, 3.05) is 33.4 Å². The molecule has 3 fully saturated rings.